The molecule has 20 heavy (non-hydrogen) atoms. The lowest BCUT2D eigenvalue weighted by atomic mass is 9.84. The van der Waals surface area contributed by atoms with E-state index in [1.807, 2.05) is 12.1 Å². The summed E-state index contributed by atoms with van der Waals surface area (Å²) in [6.07, 6.45) is 4.24. The van der Waals surface area contributed by atoms with Crippen LogP contribution in [0.3, 0.4) is 0 Å². The van der Waals surface area contributed by atoms with Gasteiger partial charge in [0, 0.05) is 5.56 Å². The van der Waals surface area contributed by atoms with Crippen molar-refractivity contribution >= 4 is 6.21 Å². The van der Waals surface area contributed by atoms with Crippen molar-refractivity contribution < 1.29 is 18.0 Å². The second-order valence-corrected chi connectivity index (χ2v) is 5.05. The molecule has 2 nitrogen and oxygen atoms in total. The molecule has 0 bridgehead atoms. The van der Waals surface area contributed by atoms with E-state index >= 15 is 0 Å². The largest absolute Gasteiger partial charge is 0.425 e. The van der Waals surface area contributed by atoms with E-state index < -0.39 is 12.8 Å². The molecular formula is C15H17F3NO. The zero-order chi connectivity index (χ0) is 14.4. The van der Waals surface area contributed by atoms with E-state index in [9.17, 15) is 13.2 Å². The second kappa shape index (κ2) is 6.77. The van der Waals surface area contributed by atoms with Gasteiger partial charge in [0.25, 0.3) is 0 Å². The summed E-state index contributed by atoms with van der Waals surface area (Å²) in [5.74, 6) is 0.543. The SMILES string of the molecule is FC(F)(F)CO/N=[C]\c1cccc(C2CCCCC2)c1. The van der Waals surface area contributed by atoms with Crippen molar-refractivity contribution in [3.8, 4) is 0 Å². The van der Waals surface area contributed by atoms with Crippen LogP contribution in [0.1, 0.15) is 49.1 Å². The number of hydrogen-bond acceptors (Lipinski definition) is 2. The lowest BCUT2D eigenvalue weighted by Crippen LogP contribution is -2.14. The molecule has 1 aliphatic carbocycles. The first-order valence-electron chi connectivity index (χ1n) is 6.79. The van der Waals surface area contributed by atoms with Crippen LogP contribution in [0.25, 0.3) is 0 Å². The van der Waals surface area contributed by atoms with Crippen molar-refractivity contribution in [2.75, 3.05) is 6.61 Å². The summed E-state index contributed by atoms with van der Waals surface area (Å²) >= 11 is 0. The highest BCUT2D eigenvalue weighted by atomic mass is 19.4. The molecule has 0 atom stereocenters. The Balaban J connectivity index is 1.93. The molecule has 0 N–H and O–H groups in total. The average Bonchev–Trinajstić information content (AvgIpc) is 2.44. The molecule has 5 heteroatoms. The molecule has 0 spiro atoms. The summed E-state index contributed by atoms with van der Waals surface area (Å²) in [5.41, 5.74) is 1.86. The molecule has 0 aromatic heterocycles. The lowest BCUT2D eigenvalue weighted by Gasteiger charge is -2.22. The monoisotopic (exact) mass is 284 g/mol. The van der Waals surface area contributed by atoms with Crippen molar-refractivity contribution in [3.05, 3.63) is 35.4 Å². The molecular weight excluding hydrogens is 267 g/mol. The van der Waals surface area contributed by atoms with Gasteiger partial charge in [-0.25, -0.2) is 0 Å². The first-order chi connectivity index (χ1) is 9.54. The summed E-state index contributed by atoms with van der Waals surface area (Å²) < 4.78 is 35.6. The Morgan fingerprint density at radius 3 is 2.65 bits per heavy atom. The number of halogens is 3. The van der Waals surface area contributed by atoms with Gasteiger partial charge < -0.3 is 4.84 Å². The minimum absolute atomic E-state index is 0.543. The number of nitrogens with zero attached hydrogens (tertiary/aromatic N) is 1. The maximum atomic E-state index is 11.9. The van der Waals surface area contributed by atoms with E-state index in [4.69, 9.17) is 0 Å². The Hall–Kier alpha value is -1.52. The standard InChI is InChI=1S/C15H17F3NO/c16-15(17,18)11-20-19-10-12-5-4-8-14(9-12)13-6-2-1-3-7-13/h4-5,8-9,13H,1-3,6-7,11H2. The molecule has 1 fully saturated rings. The fraction of sp³-hybridized carbons (Fsp3) is 0.533. The van der Waals surface area contributed by atoms with E-state index in [0.717, 1.165) is 0 Å². The van der Waals surface area contributed by atoms with Gasteiger partial charge in [-0.3, -0.25) is 0 Å². The third kappa shape index (κ3) is 4.87. The molecule has 1 aromatic carbocycles. The normalized spacial score (nSPS) is 17.6. The van der Waals surface area contributed by atoms with Crippen LogP contribution in [-0.4, -0.2) is 19.0 Å². The molecule has 1 saturated carbocycles. The Morgan fingerprint density at radius 2 is 1.95 bits per heavy atom. The Bertz CT molecular complexity index is 451. The van der Waals surface area contributed by atoms with Crippen LogP contribution < -0.4 is 0 Å². The predicted octanol–water partition coefficient (Wildman–Crippen LogP) is 4.52. The molecule has 1 aliphatic rings. The van der Waals surface area contributed by atoms with E-state index in [0.29, 0.717) is 11.5 Å². The molecule has 2 rings (SSSR count). The zero-order valence-corrected chi connectivity index (χ0v) is 11.1. The van der Waals surface area contributed by atoms with Gasteiger partial charge in [0.15, 0.2) is 0 Å². The summed E-state index contributed by atoms with van der Waals surface area (Å²) in [6, 6.07) is 7.62. The number of hydrogen-bond donors (Lipinski definition) is 0. The molecule has 109 valence electrons. The fourth-order valence-corrected chi connectivity index (χ4v) is 2.49. The van der Waals surface area contributed by atoms with Crippen molar-refractivity contribution in [2.24, 2.45) is 5.16 Å². The smallest absolute Gasteiger partial charge is 0.386 e. The van der Waals surface area contributed by atoms with Crippen LogP contribution in [0.4, 0.5) is 13.2 Å². The summed E-state index contributed by atoms with van der Waals surface area (Å²) in [5, 5.41) is 3.24. The number of benzene rings is 1. The summed E-state index contributed by atoms with van der Waals surface area (Å²) in [7, 11) is 0. The highest BCUT2D eigenvalue weighted by Gasteiger charge is 2.28. The van der Waals surface area contributed by atoms with Gasteiger partial charge >= 0.3 is 6.18 Å². The highest BCUT2D eigenvalue weighted by molar-refractivity contribution is 5.79. The van der Waals surface area contributed by atoms with Crippen LogP contribution in [0, 0.1) is 0 Å². The first kappa shape index (κ1) is 14.9. The van der Waals surface area contributed by atoms with E-state index in [1.165, 1.54) is 37.7 Å². The number of alkyl halides is 3. The summed E-state index contributed by atoms with van der Waals surface area (Å²) in [6.45, 7) is -1.39. The minimum Gasteiger partial charge on any atom is -0.386 e. The number of rotatable bonds is 4. The fourth-order valence-electron chi connectivity index (χ4n) is 2.49. The quantitative estimate of drug-likeness (QED) is 0.588. The Kier molecular flexibility index (Phi) is 5.04. The Morgan fingerprint density at radius 1 is 1.20 bits per heavy atom. The van der Waals surface area contributed by atoms with Crippen LogP contribution in [0.2, 0.25) is 0 Å². The van der Waals surface area contributed by atoms with Gasteiger partial charge in [-0.15, -0.1) is 0 Å². The predicted molar refractivity (Wildman–Crippen MR) is 70.8 cm³/mol. The lowest BCUT2D eigenvalue weighted by molar-refractivity contribution is -0.173. The van der Waals surface area contributed by atoms with Gasteiger partial charge in [0.1, 0.15) is 6.21 Å². The molecule has 0 unspecified atom stereocenters. The molecule has 1 radical (unpaired) electrons. The van der Waals surface area contributed by atoms with Crippen LogP contribution in [0.5, 0.6) is 0 Å². The molecule has 0 saturated heterocycles. The third-order valence-electron chi connectivity index (χ3n) is 3.43. The van der Waals surface area contributed by atoms with Gasteiger partial charge in [0.05, 0.1) is 0 Å². The molecule has 0 amide bonds. The van der Waals surface area contributed by atoms with Crippen LogP contribution in [-0.2, 0) is 4.84 Å². The van der Waals surface area contributed by atoms with Crippen LogP contribution in [0.15, 0.2) is 29.4 Å². The topological polar surface area (TPSA) is 21.6 Å². The third-order valence-corrected chi connectivity index (χ3v) is 3.43. The van der Waals surface area contributed by atoms with Crippen molar-refractivity contribution in [3.63, 3.8) is 0 Å². The van der Waals surface area contributed by atoms with Crippen molar-refractivity contribution in [1.29, 1.82) is 0 Å². The maximum absolute atomic E-state index is 11.9. The van der Waals surface area contributed by atoms with E-state index in [1.54, 1.807) is 6.07 Å². The van der Waals surface area contributed by atoms with Crippen molar-refractivity contribution in [1.82, 2.24) is 0 Å². The second-order valence-electron chi connectivity index (χ2n) is 5.05. The summed E-state index contributed by atoms with van der Waals surface area (Å²) in [4.78, 5) is 4.18. The highest BCUT2D eigenvalue weighted by Crippen LogP contribution is 2.32. The maximum Gasteiger partial charge on any atom is 0.425 e. The van der Waals surface area contributed by atoms with Gasteiger partial charge in [-0.2, -0.15) is 13.2 Å². The molecule has 0 aliphatic heterocycles. The van der Waals surface area contributed by atoms with E-state index in [-0.39, 0.29) is 0 Å². The Labute approximate surface area is 116 Å². The van der Waals surface area contributed by atoms with Crippen molar-refractivity contribution in [2.45, 2.75) is 44.2 Å². The molecule has 1 aromatic rings. The zero-order valence-electron chi connectivity index (χ0n) is 11.1. The minimum atomic E-state index is -4.37. The van der Waals surface area contributed by atoms with Crippen LogP contribution >= 0.6 is 0 Å². The molecule has 0 heterocycles. The first-order valence-corrected chi connectivity index (χ1v) is 6.79. The van der Waals surface area contributed by atoms with Gasteiger partial charge in [0.2, 0.25) is 6.61 Å². The average molecular weight is 284 g/mol. The van der Waals surface area contributed by atoms with E-state index in [2.05, 4.69) is 22.3 Å². The van der Waals surface area contributed by atoms with Gasteiger partial charge in [-0.1, -0.05) is 42.6 Å². The van der Waals surface area contributed by atoms with Gasteiger partial charge in [-0.05, 0) is 30.4 Å².